The SMILES string of the molecule is Cc1nn(CC(=O)NCCCNC(=O)c2cccc(O)c2)c(C)c1[N+](=O)[O-]. The second-order valence-corrected chi connectivity index (χ2v) is 5.94. The van der Waals surface area contributed by atoms with Crippen LogP contribution in [-0.4, -0.2) is 44.7 Å². The van der Waals surface area contributed by atoms with Gasteiger partial charge in [0.1, 0.15) is 23.7 Å². The van der Waals surface area contributed by atoms with Gasteiger partial charge in [-0.25, -0.2) is 0 Å². The number of amides is 2. The zero-order valence-corrected chi connectivity index (χ0v) is 15.1. The van der Waals surface area contributed by atoms with Gasteiger partial charge < -0.3 is 15.7 Å². The van der Waals surface area contributed by atoms with E-state index in [1.165, 1.54) is 23.7 Å². The molecule has 0 bridgehead atoms. The highest BCUT2D eigenvalue weighted by atomic mass is 16.6. The Bertz CT molecular complexity index is 861. The van der Waals surface area contributed by atoms with Crippen molar-refractivity contribution in [3.8, 4) is 5.75 Å². The van der Waals surface area contributed by atoms with Crippen LogP contribution in [0.2, 0.25) is 0 Å². The first-order valence-electron chi connectivity index (χ1n) is 8.32. The number of nitrogens with zero attached hydrogens (tertiary/aromatic N) is 3. The van der Waals surface area contributed by atoms with Crippen molar-refractivity contribution in [2.75, 3.05) is 13.1 Å². The van der Waals surface area contributed by atoms with Crippen LogP contribution in [0.4, 0.5) is 5.69 Å². The Morgan fingerprint density at radius 1 is 1.26 bits per heavy atom. The minimum Gasteiger partial charge on any atom is -0.508 e. The summed E-state index contributed by atoms with van der Waals surface area (Å²) in [6.07, 6.45) is 0.508. The van der Waals surface area contributed by atoms with E-state index in [1.807, 2.05) is 0 Å². The molecule has 0 spiro atoms. The Kier molecular flexibility index (Phi) is 6.47. The fourth-order valence-electron chi connectivity index (χ4n) is 2.56. The van der Waals surface area contributed by atoms with Gasteiger partial charge in [0.05, 0.1) is 4.92 Å². The third-order valence-electron chi connectivity index (χ3n) is 3.89. The lowest BCUT2D eigenvalue weighted by atomic mass is 10.2. The van der Waals surface area contributed by atoms with E-state index in [0.29, 0.717) is 30.8 Å². The highest BCUT2D eigenvalue weighted by Crippen LogP contribution is 2.21. The first-order valence-corrected chi connectivity index (χ1v) is 8.32. The summed E-state index contributed by atoms with van der Waals surface area (Å²) >= 11 is 0. The molecule has 0 saturated carbocycles. The number of aryl methyl sites for hydroxylation is 1. The van der Waals surface area contributed by atoms with Crippen molar-refractivity contribution in [1.29, 1.82) is 0 Å². The van der Waals surface area contributed by atoms with E-state index in [2.05, 4.69) is 15.7 Å². The van der Waals surface area contributed by atoms with Crippen LogP contribution in [-0.2, 0) is 11.3 Å². The summed E-state index contributed by atoms with van der Waals surface area (Å²) in [5, 5.41) is 29.7. The van der Waals surface area contributed by atoms with Gasteiger partial charge in [0.25, 0.3) is 5.91 Å². The summed E-state index contributed by atoms with van der Waals surface area (Å²) < 4.78 is 1.30. The summed E-state index contributed by atoms with van der Waals surface area (Å²) in [5.74, 6) is -0.624. The van der Waals surface area contributed by atoms with Crippen molar-refractivity contribution in [2.45, 2.75) is 26.8 Å². The number of carbonyl (C=O) groups is 2. The van der Waals surface area contributed by atoms with Gasteiger partial charge >= 0.3 is 5.69 Å². The molecule has 0 radical (unpaired) electrons. The molecule has 0 aliphatic rings. The van der Waals surface area contributed by atoms with Gasteiger partial charge in [0, 0.05) is 18.7 Å². The summed E-state index contributed by atoms with van der Waals surface area (Å²) in [5.41, 5.74) is 0.855. The molecule has 10 nitrogen and oxygen atoms in total. The number of aromatic hydroxyl groups is 1. The van der Waals surface area contributed by atoms with E-state index in [-0.39, 0.29) is 35.5 Å². The fourth-order valence-corrected chi connectivity index (χ4v) is 2.56. The van der Waals surface area contributed by atoms with Crippen LogP contribution in [0.3, 0.4) is 0 Å². The number of hydrogen-bond donors (Lipinski definition) is 3. The largest absolute Gasteiger partial charge is 0.508 e. The molecule has 1 heterocycles. The second-order valence-electron chi connectivity index (χ2n) is 5.94. The average molecular weight is 375 g/mol. The van der Waals surface area contributed by atoms with Crippen LogP contribution in [0.25, 0.3) is 0 Å². The second kappa shape index (κ2) is 8.79. The standard InChI is InChI=1S/C17H21N5O5/c1-11-16(22(26)27)12(2)21(20-11)10-15(24)18-7-4-8-19-17(25)13-5-3-6-14(23)9-13/h3,5-6,9,23H,4,7-8,10H2,1-2H3,(H,18,24)(H,19,25). The van der Waals surface area contributed by atoms with Gasteiger partial charge in [0.15, 0.2) is 0 Å². The fraction of sp³-hybridized carbons (Fsp3) is 0.353. The van der Waals surface area contributed by atoms with E-state index >= 15 is 0 Å². The van der Waals surface area contributed by atoms with E-state index < -0.39 is 4.92 Å². The quantitative estimate of drug-likeness (QED) is 0.358. The molecule has 2 rings (SSSR count). The molecule has 144 valence electrons. The van der Waals surface area contributed by atoms with Gasteiger partial charge in [-0.2, -0.15) is 5.10 Å². The number of benzene rings is 1. The molecule has 0 aliphatic carbocycles. The van der Waals surface area contributed by atoms with Gasteiger partial charge in [0.2, 0.25) is 5.91 Å². The van der Waals surface area contributed by atoms with Crippen molar-refractivity contribution in [1.82, 2.24) is 20.4 Å². The maximum atomic E-state index is 12.0. The molecular weight excluding hydrogens is 354 g/mol. The van der Waals surface area contributed by atoms with E-state index in [9.17, 15) is 24.8 Å². The van der Waals surface area contributed by atoms with Crippen LogP contribution in [0.5, 0.6) is 5.75 Å². The number of hydrogen-bond acceptors (Lipinski definition) is 6. The molecule has 2 amide bonds. The Morgan fingerprint density at radius 3 is 2.59 bits per heavy atom. The first-order chi connectivity index (χ1) is 12.8. The lowest BCUT2D eigenvalue weighted by molar-refractivity contribution is -0.386. The zero-order valence-electron chi connectivity index (χ0n) is 15.1. The number of nitro groups is 1. The van der Waals surface area contributed by atoms with Gasteiger partial charge in [-0.05, 0) is 38.5 Å². The smallest absolute Gasteiger partial charge is 0.312 e. The van der Waals surface area contributed by atoms with Gasteiger partial charge in [-0.3, -0.25) is 24.4 Å². The van der Waals surface area contributed by atoms with Gasteiger partial charge in [-0.1, -0.05) is 6.07 Å². The normalized spacial score (nSPS) is 10.4. The molecule has 0 atom stereocenters. The number of nitrogens with one attached hydrogen (secondary N) is 2. The molecule has 3 N–H and O–H groups in total. The highest BCUT2D eigenvalue weighted by Gasteiger charge is 2.22. The Hall–Kier alpha value is -3.43. The van der Waals surface area contributed by atoms with Crippen LogP contribution in [0, 0.1) is 24.0 Å². The van der Waals surface area contributed by atoms with Crippen LogP contribution < -0.4 is 10.6 Å². The molecule has 0 fully saturated rings. The number of aromatic nitrogens is 2. The summed E-state index contributed by atoms with van der Waals surface area (Å²) in [4.78, 5) is 34.3. The van der Waals surface area contributed by atoms with Gasteiger partial charge in [-0.15, -0.1) is 0 Å². The molecule has 0 saturated heterocycles. The Morgan fingerprint density at radius 2 is 1.96 bits per heavy atom. The summed E-state index contributed by atoms with van der Waals surface area (Å²) in [6, 6.07) is 6.01. The minimum absolute atomic E-state index is 0.0132. The average Bonchev–Trinajstić information content (AvgIpc) is 2.87. The highest BCUT2D eigenvalue weighted by molar-refractivity contribution is 5.94. The van der Waals surface area contributed by atoms with Crippen LogP contribution >= 0.6 is 0 Å². The number of phenolic OH excluding ortho intramolecular Hbond substituents is 1. The molecule has 10 heteroatoms. The number of carbonyl (C=O) groups excluding carboxylic acids is 2. The van der Waals surface area contributed by atoms with Crippen LogP contribution in [0.15, 0.2) is 24.3 Å². The monoisotopic (exact) mass is 375 g/mol. The lowest BCUT2D eigenvalue weighted by Gasteiger charge is -2.08. The van der Waals surface area contributed by atoms with Crippen LogP contribution in [0.1, 0.15) is 28.2 Å². The Labute approximate surface area is 155 Å². The molecule has 0 aliphatic heterocycles. The molecule has 1 aromatic carbocycles. The van der Waals surface area contributed by atoms with E-state index in [0.717, 1.165) is 0 Å². The van der Waals surface area contributed by atoms with Crippen molar-refractivity contribution in [3.05, 3.63) is 51.3 Å². The van der Waals surface area contributed by atoms with Crippen molar-refractivity contribution < 1.29 is 19.6 Å². The van der Waals surface area contributed by atoms with Crippen molar-refractivity contribution in [3.63, 3.8) is 0 Å². The summed E-state index contributed by atoms with van der Waals surface area (Å²) in [7, 11) is 0. The molecule has 1 aromatic heterocycles. The predicted molar refractivity (Wildman–Crippen MR) is 96.4 cm³/mol. The molecule has 27 heavy (non-hydrogen) atoms. The summed E-state index contributed by atoms with van der Waals surface area (Å²) in [6.45, 7) is 3.63. The van der Waals surface area contributed by atoms with Crippen molar-refractivity contribution >= 4 is 17.5 Å². The predicted octanol–water partition coefficient (Wildman–Crippen LogP) is 1.05. The Balaban J connectivity index is 1.73. The van der Waals surface area contributed by atoms with Crippen molar-refractivity contribution in [2.24, 2.45) is 0 Å². The number of rotatable bonds is 8. The zero-order chi connectivity index (χ0) is 20.0. The molecule has 2 aromatic rings. The molecular formula is C17H21N5O5. The third-order valence-corrected chi connectivity index (χ3v) is 3.89. The minimum atomic E-state index is -0.513. The lowest BCUT2D eigenvalue weighted by Crippen LogP contribution is -2.32. The third kappa shape index (κ3) is 5.27. The first kappa shape index (κ1) is 19.9. The molecule has 0 unspecified atom stereocenters. The number of phenols is 1. The maximum Gasteiger partial charge on any atom is 0.312 e. The maximum absolute atomic E-state index is 12.0. The van der Waals surface area contributed by atoms with E-state index in [1.54, 1.807) is 19.1 Å². The van der Waals surface area contributed by atoms with E-state index in [4.69, 9.17) is 0 Å². The topological polar surface area (TPSA) is 139 Å².